The highest BCUT2D eigenvalue weighted by atomic mass is 19.1. The molecule has 2 aliphatic rings. The van der Waals surface area contributed by atoms with Crippen LogP contribution in [0.4, 0.5) is 8.78 Å². The van der Waals surface area contributed by atoms with E-state index < -0.39 is 11.6 Å². The molecule has 0 amide bonds. The summed E-state index contributed by atoms with van der Waals surface area (Å²) < 4.78 is 26.5. The maximum absolute atomic E-state index is 13.7. The number of carbonyl (C=O) groups is 1. The number of fused-ring (bicyclic) bond motifs is 2. The predicted octanol–water partition coefficient (Wildman–Crippen LogP) is 3.02. The quantitative estimate of drug-likeness (QED) is 0.783. The van der Waals surface area contributed by atoms with Gasteiger partial charge in [0.25, 0.3) is 0 Å². The van der Waals surface area contributed by atoms with E-state index in [-0.39, 0.29) is 17.4 Å². The molecule has 102 valence electrons. The zero-order valence-electron chi connectivity index (χ0n) is 10.9. The van der Waals surface area contributed by atoms with Crippen LogP contribution in [0.1, 0.15) is 36.5 Å². The second-order valence-corrected chi connectivity index (χ2v) is 5.69. The molecule has 1 aromatic rings. The van der Waals surface area contributed by atoms with Gasteiger partial charge >= 0.3 is 0 Å². The summed E-state index contributed by atoms with van der Waals surface area (Å²) in [5, 5.41) is 0. The lowest BCUT2D eigenvalue weighted by atomic mass is 10.0. The van der Waals surface area contributed by atoms with Crippen LogP contribution in [0.15, 0.2) is 18.2 Å². The number of carbonyl (C=O) groups excluding carboxylic acids is 1. The minimum atomic E-state index is -0.763. The van der Waals surface area contributed by atoms with Gasteiger partial charge in [-0.2, -0.15) is 0 Å². The van der Waals surface area contributed by atoms with E-state index in [1.807, 2.05) is 6.92 Å². The molecule has 0 N–H and O–H groups in total. The number of piperidine rings is 1. The Bertz CT molecular complexity index is 517. The molecule has 1 aliphatic heterocycles. The zero-order valence-corrected chi connectivity index (χ0v) is 10.9. The molecule has 3 rings (SSSR count). The molecule has 3 atom stereocenters. The van der Waals surface area contributed by atoms with Crippen molar-refractivity contribution in [3.63, 3.8) is 0 Å². The van der Waals surface area contributed by atoms with Gasteiger partial charge in [-0.25, -0.2) is 8.78 Å². The predicted molar refractivity (Wildman–Crippen MR) is 68.0 cm³/mol. The van der Waals surface area contributed by atoms with Crippen molar-refractivity contribution in [2.45, 2.75) is 38.3 Å². The fraction of sp³-hybridized carbons (Fsp3) is 0.533. The minimum Gasteiger partial charge on any atom is -0.292 e. The van der Waals surface area contributed by atoms with Gasteiger partial charge in [0.2, 0.25) is 0 Å². The first-order chi connectivity index (χ1) is 9.06. The average Bonchev–Trinajstić information content (AvgIpc) is 2.99. The highest BCUT2D eigenvalue weighted by molar-refractivity contribution is 6.00. The van der Waals surface area contributed by atoms with E-state index in [4.69, 9.17) is 0 Å². The molecule has 2 bridgehead atoms. The third-order valence-corrected chi connectivity index (χ3v) is 4.53. The van der Waals surface area contributed by atoms with Crippen molar-refractivity contribution in [3.8, 4) is 0 Å². The summed E-state index contributed by atoms with van der Waals surface area (Å²) in [5.74, 6) is -0.966. The number of Topliss-reactive ketones (excluding diaryl/α,β-unsaturated/α-hetero) is 1. The number of rotatable bonds is 3. The summed E-state index contributed by atoms with van der Waals surface area (Å²) in [7, 11) is 0. The Hall–Kier alpha value is -1.29. The van der Waals surface area contributed by atoms with Crippen molar-refractivity contribution in [2.75, 3.05) is 6.54 Å². The van der Waals surface area contributed by atoms with Crippen LogP contribution in [0, 0.1) is 17.6 Å². The van der Waals surface area contributed by atoms with Crippen LogP contribution in [-0.2, 0) is 0 Å². The van der Waals surface area contributed by atoms with Gasteiger partial charge in [0.05, 0.1) is 11.6 Å². The minimum absolute atomic E-state index is 0.00308. The molecular formula is C15H17F2NO. The third kappa shape index (κ3) is 2.18. The molecule has 0 radical (unpaired) electrons. The SMILES string of the molecule is CC(C(=O)c1ccc(F)cc1F)N1CC2CCC1C2. The van der Waals surface area contributed by atoms with Gasteiger partial charge in [0.15, 0.2) is 5.78 Å². The monoisotopic (exact) mass is 265 g/mol. The zero-order chi connectivity index (χ0) is 13.6. The van der Waals surface area contributed by atoms with Gasteiger partial charge < -0.3 is 0 Å². The lowest BCUT2D eigenvalue weighted by molar-refractivity contribution is 0.0783. The smallest absolute Gasteiger partial charge is 0.182 e. The Morgan fingerprint density at radius 1 is 1.37 bits per heavy atom. The number of benzene rings is 1. The molecular weight excluding hydrogens is 248 g/mol. The molecule has 4 heteroatoms. The van der Waals surface area contributed by atoms with Crippen molar-refractivity contribution in [1.29, 1.82) is 0 Å². The summed E-state index contributed by atoms with van der Waals surface area (Å²) in [6, 6.07) is 3.30. The van der Waals surface area contributed by atoms with E-state index in [0.29, 0.717) is 12.0 Å². The van der Waals surface area contributed by atoms with Gasteiger partial charge in [-0.1, -0.05) is 0 Å². The molecule has 1 saturated carbocycles. The van der Waals surface area contributed by atoms with Gasteiger partial charge in [-0.3, -0.25) is 9.69 Å². The Balaban J connectivity index is 1.80. The van der Waals surface area contributed by atoms with Crippen molar-refractivity contribution in [3.05, 3.63) is 35.4 Å². The lowest BCUT2D eigenvalue weighted by Gasteiger charge is -2.31. The molecule has 1 heterocycles. The molecule has 2 fully saturated rings. The topological polar surface area (TPSA) is 20.3 Å². The van der Waals surface area contributed by atoms with Gasteiger partial charge in [0, 0.05) is 18.7 Å². The second-order valence-electron chi connectivity index (χ2n) is 5.69. The second kappa shape index (κ2) is 4.67. The molecule has 1 aliphatic carbocycles. The van der Waals surface area contributed by atoms with Crippen LogP contribution in [0.3, 0.4) is 0 Å². The third-order valence-electron chi connectivity index (χ3n) is 4.53. The maximum Gasteiger partial charge on any atom is 0.182 e. The number of likely N-dealkylation sites (tertiary alicyclic amines) is 1. The summed E-state index contributed by atoms with van der Waals surface area (Å²) in [6.07, 6.45) is 3.53. The summed E-state index contributed by atoms with van der Waals surface area (Å²) in [4.78, 5) is 14.5. The Kier molecular flexibility index (Phi) is 3.13. The van der Waals surface area contributed by atoms with E-state index in [2.05, 4.69) is 4.90 Å². The van der Waals surface area contributed by atoms with Crippen LogP contribution < -0.4 is 0 Å². The molecule has 1 aromatic carbocycles. The first kappa shape index (κ1) is 12.7. The number of halogens is 2. The molecule has 1 saturated heterocycles. The molecule has 0 spiro atoms. The van der Waals surface area contributed by atoms with Gasteiger partial charge in [-0.05, 0) is 44.2 Å². The summed E-state index contributed by atoms with van der Waals surface area (Å²) in [6.45, 7) is 2.76. The van der Waals surface area contributed by atoms with Crippen molar-refractivity contribution >= 4 is 5.78 Å². The Labute approximate surface area is 111 Å². The van der Waals surface area contributed by atoms with Gasteiger partial charge in [0.1, 0.15) is 11.6 Å². The molecule has 0 aromatic heterocycles. The Morgan fingerprint density at radius 2 is 2.16 bits per heavy atom. The van der Waals surface area contributed by atoms with E-state index in [9.17, 15) is 13.6 Å². The first-order valence-corrected chi connectivity index (χ1v) is 6.81. The molecule has 19 heavy (non-hydrogen) atoms. The van der Waals surface area contributed by atoms with Crippen molar-refractivity contribution in [1.82, 2.24) is 4.90 Å². The number of hydrogen-bond donors (Lipinski definition) is 0. The Morgan fingerprint density at radius 3 is 2.74 bits per heavy atom. The van der Waals surface area contributed by atoms with Crippen molar-refractivity contribution < 1.29 is 13.6 Å². The summed E-state index contributed by atoms with van der Waals surface area (Å²) in [5.41, 5.74) is -0.00308. The maximum atomic E-state index is 13.7. The molecule has 3 unspecified atom stereocenters. The fourth-order valence-electron chi connectivity index (χ4n) is 3.50. The van der Waals surface area contributed by atoms with E-state index in [0.717, 1.165) is 31.5 Å². The number of hydrogen-bond acceptors (Lipinski definition) is 2. The normalized spacial score (nSPS) is 27.7. The number of ketones is 1. The van der Waals surface area contributed by atoms with Crippen LogP contribution >= 0.6 is 0 Å². The lowest BCUT2D eigenvalue weighted by Crippen LogP contribution is -2.44. The van der Waals surface area contributed by atoms with Crippen LogP contribution in [0.5, 0.6) is 0 Å². The first-order valence-electron chi connectivity index (χ1n) is 6.81. The highest BCUT2D eigenvalue weighted by Gasteiger charge is 2.41. The standard InChI is InChI=1S/C15H17F2NO/c1-9(18-8-10-2-4-12(18)6-10)15(19)13-5-3-11(16)7-14(13)17/h3,5,7,9-10,12H,2,4,6,8H2,1H3. The van der Waals surface area contributed by atoms with Crippen LogP contribution in [-0.4, -0.2) is 29.3 Å². The van der Waals surface area contributed by atoms with Crippen molar-refractivity contribution in [2.24, 2.45) is 5.92 Å². The largest absolute Gasteiger partial charge is 0.292 e. The highest BCUT2D eigenvalue weighted by Crippen LogP contribution is 2.38. The van der Waals surface area contributed by atoms with E-state index in [1.54, 1.807) is 0 Å². The van der Waals surface area contributed by atoms with E-state index in [1.165, 1.54) is 12.5 Å². The average molecular weight is 265 g/mol. The van der Waals surface area contributed by atoms with Crippen LogP contribution in [0.2, 0.25) is 0 Å². The number of nitrogens with zero attached hydrogens (tertiary/aromatic N) is 1. The molecule has 2 nitrogen and oxygen atoms in total. The fourth-order valence-corrected chi connectivity index (χ4v) is 3.50. The summed E-state index contributed by atoms with van der Waals surface area (Å²) >= 11 is 0. The van der Waals surface area contributed by atoms with Gasteiger partial charge in [-0.15, -0.1) is 0 Å². The van der Waals surface area contributed by atoms with E-state index >= 15 is 0 Å². The van der Waals surface area contributed by atoms with Crippen LogP contribution in [0.25, 0.3) is 0 Å².